The summed E-state index contributed by atoms with van der Waals surface area (Å²) in [5.74, 6) is 0. The van der Waals surface area contributed by atoms with Gasteiger partial charge in [-0.05, 0) is 50.4 Å². The molecule has 1 spiro atoms. The molecule has 3 fully saturated rings. The van der Waals surface area contributed by atoms with Crippen LogP contribution in [0.15, 0.2) is 0 Å². The molecule has 0 bridgehead atoms. The summed E-state index contributed by atoms with van der Waals surface area (Å²) in [6, 6.07) is 0.415. The van der Waals surface area contributed by atoms with Gasteiger partial charge in [0.25, 0.3) is 0 Å². The molecular formula is C17H31NO. The van der Waals surface area contributed by atoms with E-state index in [9.17, 15) is 0 Å². The molecule has 0 aromatic rings. The van der Waals surface area contributed by atoms with Crippen molar-refractivity contribution in [1.82, 2.24) is 0 Å². The summed E-state index contributed by atoms with van der Waals surface area (Å²) >= 11 is 0. The van der Waals surface area contributed by atoms with Gasteiger partial charge in [0, 0.05) is 11.5 Å². The van der Waals surface area contributed by atoms with Crippen molar-refractivity contribution in [3.63, 3.8) is 0 Å². The van der Waals surface area contributed by atoms with Gasteiger partial charge in [0.05, 0.1) is 12.2 Å². The Labute approximate surface area is 118 Å². The molecule has 3 aliphatic rings. The number of rotatable bonds is 2. The van der Waals surface area contributed by atoms with Crippen LogP contribution in [-0.4, -0.2) is 18.2 Å². The first-order chi connectivity index (χ1) is 9.02. The number of hydrogen-bond acceptors (Lipinski definition) is 2. The highest BCUT2D eigenvalue weighted by Crippen LogP contribution is 2.53. The van der Waals surface area contributed by atoms with E-state index >= 15 is 0 Å². The van der Waals surface area contributed by atoms with Crippen molar-refractivity contribution in [2.24, 2.45) is 16.6 Å². The summed E-state index contributed by atoms with van der Waals surface area (Å²) in [7, 11) is 0. The molecular weight excluding hydrogens is 234 g/mol. The van der Waals surface area contributed by atoms with Crippen LogP contribution in [0.1, 0.15) is 78.1 Å². The fourth-order valence-electron chi connectivity index (χ4n) is 4.61. The summed E-state index contributed by atoms with van der Waals surface area (Å²) in [6.45, 7) is 4.79. The fraction of sp³-hybridized carbons (Fsp3) is 1.00. The first-order valence-corrected chi connectivity index (χ1v) is 8.43. The van der Waals surface area contributed by atoms with Crippen molar-refractivity contribution in [2.75, 3.05) is 0 Å². The van der Waals surface area contributed by atoms with Crippen LogP contribution in [0.25, 0.3) is 0 Å². The zero-order valence-corrected chi connectivity index (χ0v) is 12.8. The molecule has 0 radical (unpaired) electrons. The summed E-state index contributed by atoms with van der Waals surface area (Å²) in [5, 5.41) is 0. The van der Waals surface area contributed by atoms with Gasteiger partial charge < -0.3 is 10.5 Å². The molecule has 2 heteroatoms. The standard InChI is InChI=1S/C17H31NO/c1-16(2)10-6-13(7-11-16)19-15-12-14(18)17(15)8-4-3-5-9-17/h13-15H,3-12,18H2,1-2H3. The molecule has 0 aliphatic heterocycles. The second-order valence-corrected chi connectivity index (χ2v) is 8.12. The number of hydrogen-bond donors (Lipinski definition) is 1. The quantitative estimate of drug-likeness (QED) is 0.818. The van der Waals surface area contributed by atoms with E-state index in [4.69, 9.17) is 10.5 Å². The van der Waals surface area contributed by atoms with E-state index in [1.807, 2.05) is 0 Å². The number of nitrogens with two attached hydrogens (primary N) is 1. The van der Waals surface area contributed by atoms with Crippen molar-refractivity contribution in [3.05, 3.63) is 0 Å². The van der Waals surface area contributed by atoms with E-state index in [1.54, 1.807) is 0 Å². The average molecular weight is 265 g/mol. The largest absolute Gasteiger partial charge is 0.374 e. The van der Waals surface area contributed by atoms with Crippen LogP contribution < -0.4 is 5.73 Å². The molecule has 0 saturated heterocycles. The van der Waals surface area contributed by atoms with Gasteiger partial charge in [-0.2, -0.15) is 0 Å². The minimum Gasteiger partial charge on any atom is -0.374 e. The minimum atomic E-state index is 0.366. The minimum absolute atomic E-state index is 0.366. The van der Waals surface area contributed by atoms with Gasteiger partial charge in [-0.3, -0.25) is 0 Å². The lowest BCUT2D eigenvalue weighted by atomic mass is 9.55. The molecule has 0 amide bonds. The molecule has 0 aromatic heterocycles. The molecule has 2 atom stereocenters. The van der Waals surface area contributed by atoms with Gasteiger partial charge in [0.2, 0.25) is 0 Å². The predicted octanol–water partition coefficient (Wildman–Crippen LogP) is 4.02. The van der Waals surface area contributed by atoms with Crippen LogP contribution in [0.5, 0.6) is 0 Å². The summed E-state index contributed by atoms with van der Waals surface area (Å²) in [4.78, 5) is 0. The van der Waals surface area contributed by atoms with Gasteiger partial charge in [0.15, 0.2) is 0 Å². The van der Waals surface area contributed by atoms with Crippen molar-refractivity contribution in [3.8, 4) is 0 Å². The Balaban J connectivity index is 1.56. The molecule has 3 saturated carbocycles. The molecule has 110 valence electrons. The third-order valence-electron chi connectivity index (χ3n) is 6.28. The van der Waals surface area contributed by atoms with Gasteiger partial charge in [-0.15, -0.1) is 0 Å². The molecule has 2 N–H and O–H groups in total. The Hall–Kier alpha value is -0.0800. The van der Waals surface area contributed by atoms with E-state index in [2.05, 4.69) is 13.8 Å². The highest BCUT2D eigenvalue weighted by Gasteiger charge is 2.54. The van der Waals surface area contributed by atoms with E-state index < -0.39 is 0 Å². The Morgan fingerprint density at radius 3 is 2.16 bits per heavy atom. The van der Waals surface area contributed by atoms with Gasteiger partial charge >= 0.3 is 0 Å². The first-order valence-electron chi connectivity index (χ1n) is 8.43. The van der Waals surface area contributed by atoms with Crippen molar-refractivity contribution < 1.29 is 4.74 Å². The maximum absolute atomic E-state index is 6.50. The maximum atomic E-state index is 6.50. The normalized spacial score (nSPS) is 38.1. The monoisotopic (exact) mass is 265 g/mol. The SMILES string of the molecule is CC1(C)CCC(OC2CC(N)C23CCCCC3)CC1. The lowest BCUT2D eigenvalue weighted by Crippen LogP contribution is -2.63. The van der Waals surface area contributed by atoms with E-state index in [1.165, 1.54) is 57.8 Å². The fourth-order valence-corrected chi connectivity index (χ4v) is 4.61. The Bertz CT molecular complexity index is 309. The van der Waals surface area contributed by atoms with Crippen molar-refractivity contribution in [2.45, 2.75) is 96.3 Å². The summed E-state index contributed by atoms with van der Waals surface area (Å²) in [6.07, 6.45) is 14.0. The van der Waals surface area contributed by atoms with Crippen LogP contribution in [-0.2, 0) is 4.74 Å². The van der Waals surface area contributed by atoms with Crippen molar-refractivity contribution >= 4 is 0 Å². The predicted molar refractivity (Wildman–Crippen MR) is 79.0 cm³/mol. The van der Waals surface area contributed by atoms with Crippen LogP contribution in [0.3, 0.4) is 0 Å². The molecule has 2 nitrogen and oxygen atoms in total. The lowest BCUT2D eigenvalue weighted by Gasteiger charge is -2.57. The highest BCUT2D eigenvalue weighted by atomic mass is 16.5. The summed E-state index contributed by atoms with van der Waals surface area (Å²) in [5.41, 5.74) is 7.25. The zero-order valence-electron chi connectivity index (χ0n) is 12.8. The maximum Gasteiger partial charge on any atom is 0.0664 e. The molecule has 3 aliphatic carbocycles. The highest BCUT2D eigenvalue weighted by molar-refractivity contribution is 5.07. The number of ether oxygens (including phenoxy) is 1. The third kappa shape index (κ3) is 2.58. The molecule has 3 rings (SSSR count). The smallest absolute Gasteiger partial charge is 0.0664 e. The topological polar surface area (TPSA) is 35.2 Å². The molecule has 0 heterocycles. The molecule has 19 heavy (non-hydrogen) atoms. The Kier molecular flexibility index (Phi) is 3.68. The second-order valence-electron chi connectivity index (χ2n) is 8.12. The van der Waals surface area contributed by atoms with E-state index in [-0.39, 0.29) is 0 Å². The van der Waals surface area contributed by atoms with Crippen LogP contribution >= 0.6 is 0 Å². The Morgan fingerprint density at radius 2 is 1.58 bits per heavy atom. The van der Waals surface area contributed by atoms with Gasteiger partial charge in [-0.25, -0.2) is 0 Å². The third-order valence-corrected chi connectivity index (χ3v) is 6.28. The average Bonchev–Trinajstić information content (AvgIpc) is 2.41. The molecule has 2 unspecified atom stereocenters. The van der Waals surface area contributed by atoms with Crippen LogP contribution in [0.4, 0.5) is 0 Å². The van der Waals surface area contributed by atoms with Crippen LogP contribution in [0, 0.1) is 10.8 Å². The van der Waals surface area contributed by atoms with Crippen LogP contribution in [0.2, 0.25) is 0 Å². The Morgan fingerprint density at radius 1 is 0.947 bits per heavy atom. The molecule has 0 aromatic carbocycles. The second kappa shape index (κ2) is 5.04. The zero-order chi connectivity index (χ0) is 13.5. The summed E-state index contributed by atoms with van der Waals surface area (Å²) < 4.78 is 6.50. The van der Waals surface area contributed by atoms with E-state index in [0.717, 1.165) is 6.42 Å². The van der Waals surface area contributed by atoms with E-state index in [0.29, 0.717) is 29.1 Å². The van der Waals surface area contributed by atoms with Gasteiger partial charge in [0.1, 0.15) is 0 Å². The van der Waals surface area contributed by atoms with Crippen molar-refractivity contribution in [1.29, 1.82) is 0 Å². The first kappa shape index (κ1) is 13.9. The van der Waals surface area contributed by atoms with Gasteiger partial charge in [-0.1, -0.05) is 33.1 Å². The lowest BCUT2D eigenvalue weighted by molar-refractivity contribution is -0.177.